The van der Waals surface area contributed by atoms with Crippen LogP contribution in [0.3, 0.4) is 0 Å². The third-order valence-electron chi connectivity index (χ3n) is 2.56. The Hall–Kier alpha value is -2.27. The van der Waals surface area contributed by atoms with Crippen LogP contribution in [0.15, 0.2) is 42.6 Å². The van der Waals surface area contributed by atoms with E-state index in [4.69, 9.17) is 5.11 Å². The van der Waals surface area contributed by atoms with Crippen LogP contribution in [-0.4, -0.2) is 25.1 Å². The van der Waals surface area contributed by atoms with Crippen molar-refractivity contribution >= 4 is 11.0 Å². The first kappa shape index (κ1) is 9.92. The van der Waals surface area contributed by atoms with Crippen LogP contribution in [0.1, 0.15) is 5.56 Å². The lowest BCUT2D eigenvalue weighted by molar-refractivity contribution is 0.281. The predicted octanol–water partition coefficient (Wildman–Crippen LogP) is 1.31. The number of aliphatic hydroxyl groups is 1. The van der Waals surface area contributed by atoms with Crippen LogP contribution >= 0.6 is 0 Å². The number of fused-ring (bicyclic) bond motifs is 1. The summed E-state index contributed by atoms with van der Waals surface area (Å²) in [5.41, 5.74) is 2.52. The minimum absolute atomic E-state index is 0.00855. The van der Waals surface area contributed by atoms with Crippen molar-refractivity contribution in [3.8, 4) is 5.82 Å². The van der Waals surface area contributed by atoms with E-state index < -0.39 is 0 Å². The number of para-hydroxylation sites is 1. The number of pyridine rings is 1. The molecule has 3 rings (SSSR count). The number of hydrogen-bond acceptors (Lipinski definition) is 4. The van der Waals surface area contributed by atoms with Crippen molar-refractivity contribution in [2.24, 2.45) is 0 Å². The van der Waals surface area contributed by atoms with Crippen LogP contribution in [-0.2, 0) is 6.61 Å². The molecule has 2 heterocycles. The molecule has 5 nitrogen and oxygen atoms in total. The van der Waals surface area contributed by atoms with Gasteiger partial charge in [-0.1, -0.05) is 23.4 Å². The second-order valence-electron chi connectivity index (χ2n) is 3.67. The summed E-state index contributed by atoms with van der Waals surface area (Å²) in [6.07, 6.45) is 1.63. The van der Waals surface area contributed by atoms with Crippen molar-refractivity contribution < 1.29 is 5.11 Å². The molecule has 0 bridgehead atoms. The SMILES string of the molecule is OCc1ccc(-n2nnc3ccccc32)nc1. The Morgan fingerprint density at radius 2 is 2.00 bits per heavy atom. The van der Waals surface area contributed by atoms with Gasteiger partial charge in [-0.15, -0.1) is 5.10 Å². The fraction of sp³-hybridized carbons (Fsp3) is 0.0833. The van der Waals surface area contributed by atoms with Crippen LogP contribution in [0.2, 0.25) is 0 Å². The summed E-state index contributed by atoms with van der Waals surface area (Å²) in [7, 11) is 0. The molecule has 84 valence electrons. The maximum atomic E-state index is 8.96. The molecule has 0 aliphatic heterocycles. The molecule has 0 unspecified atom stereocenters. The molecule has 0 amide bonds. The van der Waals surface area contributed by atoms with E-state index in [0.717, 1.165) is 16.6 Å². The van der Waals surface area contributed by atoms with Gasteiger partial charge in [-0.25, -0.2) is 4.98 Å². The molecule has 3 aromatic rings. The quantitative estimate of drug-likeness (QED) is 0.715. The predicted molar refractivity (Wildman–Crippen MR) is 62.6 cm³/mol. The Balaban J connectivity index is 2.13. The Bertz CT molecular complexity index is 645. The van der Waals surface area contributed by atoms with Gasteiger partial charge in [-0.3, -0.25) is 0 Å². The van der Waals surface area contributed by atoms with Crippen molar-refractivity contribution in [2.45, 2.75) is 6.61 Å². The molecular formula is C12H10N4O. The van der Waals surface area contributed by atoms with Gasteiger partial charge in [-0.2, -0.15) is 4.68 Å². The third kappa shape index (κ3) is 1.66. The first-order valence-electron chi connectivity index (χ1n) is 5.25. The molecule has 17 heavy (non-hydrogen) atoms. The van der Waals surface area contributed by atoms with Gasteiger partial charge >= 0.3 is 0 Å². The average Bonchev–Trinajstić information content (AvgIpc) is 2.83. The number of rotatable bonds is 2. The lowest BCUT2D eigenvalue weighted by Gasteiger charge is -2.01. The van der Waals surface area contributed by atoms with E-state index in [-0.39, 0.29) is 6.61 Å². The van der Waals surface area contributed by atoms with E-state index in [0.29, 0.717) is 5.82 Å². The highest BCUT2D eigenvalue weighted by atomic mass is 16.3. The lowest BCUT2D eigenvalue weighted by Crippen LogP contribution is -2.00. The summed E-state index contributed by atoms with van der Waals surface area (Å²) in [6, 6.07) is 11.3. The summed E-state index contributed by atoms with van der Waals surface area (Å²) < 4.78 is 1.68. The van der Waals surface area contributed by atoms with E-state index in [1.807, 2.05) is 36.4 Å². The van der Waals surface area contributed by atoms with E-state index in [9.17, 15) is 0 Å². The molecule has 0 fully saturated rings. The van der Waals surface area contributed by atoms with Crippen LogP contribution in [0, 0.1) is 0 Å². The summed E-state index contributed by atoms with van der Waals surface area (Å²) in [4.78, 5) is 4.24. The van der Waals surface area contributed by atoms with Gasteiger partial charge in [0, 0.05) is 6.20 Å². The Morgan fingerprint density at radius 3 is 2.76 bits per heavy atom. The van der Waals surface area contributed by atoms with Crippen LogP contribution in [0.5, 0.6) is 0 Å². The zero-order valence-electron chi connectivity index (χ0n) is 8.98. The highest BCUT2D eigenvalue weighted by Gasteiger charge is 2.06. The molecule has 0 spiro atoms. The largest absolute Gasteiger partial charge is 0.392 e. The highest BCUT2D eigenvalue weighted by Crippen LogP contribution is 2.14. The summed E-state index contributed by atoms with van der Waals surface area (Å²) in [5, 5.41) is 17.1. The maximum Gasteiger partial charge on any atom is 0.155 e. The van der Waals surface area contributed by atoms with Crippen molar-refractivity contribution in [1.29, 1.82) is 0 Å². The first-order chi connectivity index (χ1) is 8.38. The first-order valence-corrected chi connectivity index (χ1v) is 5.25. The monoisotopic (exact) mass is 226 g/mol. The molecular weight excluding hydrogens is 216 g/mol. The van der Waals surface area contributed by atoms with Crippen LogP contribution in [0.25, 0.3) is 16.9 Å². The number of aliphatic hydroxyl groups excluding tert-OH is 1. The van der Waals surface area contributed by atoms with Gasteiger partial charge in [0.2, 0.25) is 0 Å². The molecule has 2 aromatic heterocycles. The zero-order chi connectivity index (χ0) is 11.7. The molecule has 0 aliphatic carbocycles. The fourth-order valence-corrected chi connectivity index (χ4v) is 1.67. The molecule has 0 saturated heterocycles. The van der Waals surface area contributed by atoms with E-state index in [2.05, 4.69) is 15.3 Å². The summed E-state index contributed by atoms with van der Waals surface area (Å²) in [5.74, 6) is 0.691. The van der Waals surface area contributed by atoms with Gasteiger partial charge in [0.05, 0.1) is 12.1 Å². The molecule has 0 radical (unpaired) electrons. The van der Waals surface area contributed by atoms with Gasteiger partial charge in [0.25, 0.3) is 0 Å². The van der Waals surface area contributed by atoms with Gasteiger partial charge in [-0.05, 0) is 23.8 Å². The second-order valence-corrected chi connectivity index (χ2v) is 3.67. The van der Waals surface area contributed by atoms with Crippen molar-refractivity contribution in [3.63, 3.8) is 0 Å². The molecule has 1 N–H and O–H groups in total. The van der Waals surface area contributed by atoms with Gasteiger partial charge in [0.1, 0.15) is 5.52 Å². The highest BCUT2D eigenvalue weighted by molar-refractivity contribution is 5.75. The molecule has 0 aliphatic rings. The Kier molecular flexibility index (Phi) is 2.31. The van der Waals surface area contributed by atoms with Crippen molar-refractivity contribution in [3.05, 3.63) is 48.2 Å². The number of hydrogen-bond donors (Lipinski definition) is 1. The topological polar surface area (TPSA) is 63.8 Å². The third-order valence-corrected chi connectivity index (χ3v) is 2.56. The Morgan fingerprint density at radius 1 is 1.12 bits per heavy atom. The lowest BCUT2D eigenvalue weighted by atomic mass is 10.3. The standard InChI is InChI=1S/C12H10N4O/c17-8-9-5-6-12(13-7-9)16-11-4-2-1-3-10(11)14-15-16/h1-7,17H,8H2. The maximum absolute atomic E-state index is 8.96. The minimum Gasteiger partial charge on any atom is -0.392 e. The number of benzene rings is 1. The normalized spacial score (nSPS) is 10.9. The van der Waals surface area contributed by atoms with Crippen LogP contribution in [0.4, 0.5) is 0 Å². The Labute approximate surface area is 97.3 Å². The molecule has 1 aromatic carbocycles. The van der Waals surface area contributed by atoms with Crippen LogP contribution < -0.4 is 0 Å². The summed E-state index contributed by atoms with van der Waals surface area (Å²) in [6.45, 7) is -0.00855. The molecule has 5 heteroatoms. The van der Waals surface area contributed by atoms with Gasteiger partial charge < -0.3 is 5.11 Å². The van der Waals surface area contributed by atoms with E-state index in [1.54, 1.807) is 10.9 Å². The van der Waals surface area contributed by atoms with Crippen molar-refractivity contribution in [2.75, 3.05) is 0 Å². The zero-order valence-corrected chi connectivity index (χ0v) is 8.98. The number of nitrogens with zero attached hydrogens (tertiary/aromatic N) is 4. The average molecular weight is 226 g/mol. The van der Waals surface area contributed by atoms with E-state index in [1.165, 1.54) is 0 Å². The molecule has 0 atom stereocenters. The minimum atomic E-state index is -0.00855. The summed E-state index contributed by atoms with van der Waals surface area (Å²) >= 11 is 0. The number of aromatic nitrogens is 4. The van der Waals surface area contributed by atoms with Gasteiger partial charge in [0.15, 0.2) is 5.82 Å². The van der Waals surface area contributed by atoms with E-state index >= 15 is 0 Å². The smallest absolute Gasteiger partial charge is 0.155 e. The van der Waals surface area contributed by atoms with Crippen molar-refractivity contribution in [1.82, 2.24) is 20.0 Å². The fourth-order valence-electron chi connectivity index (χ4n) is 1.67. The molecule has 0 saturated carbocycles. The second kappa shape index (κ2) is 3.95.